The van der Waals surface area contributed by atoms with Gasteiger partial charge in [0.05, 0.1) is 12.1 Å². The standard InChI is InChI=1S/C11H11NO3S/c1-2-15-16(13,14)10-7-3-5-9-6-4-8-12-11(9)10/h3-8H,2H2,1H3. The van der Waals surface area contributed by atoms with Crippen molar-refractivity contribution < 1.29 is 12.6 Å². The summed E-state index contributed by atoms with van der Waals surface area (Å²) in [6.45, 7) is 1.75. The maximum Gasteiger partial charge on any atom is 0.299 e. The van der Waals surface area contributed by atoms with E-state index < -0.39 is 10.1 Å². The van der Waals surface area contributed by atoms with Crippen LogP contribution >= 0.6 is 0 Å². The Bertz CT molecular complexity index is 602. The summed E-state index contributed by atoms with van der Waals surface area (Å²) in [4.78, 5) is 4.19. The molecule has 5 heteroatoms. The van der Waals surface area contributed by atoms with Crippen LogP contribution in [0.15, 0.2) is 41.4 Å². The molecule has 16 heavy (non-hydrogen) atoms. The van der Waals surface area contributed by atoms with Gasteiger partial charge in [-0.3, -0.25) is 9.17 Å². The second kappa shape index (κ2) is 4.19. The molecule has 2 rings (SSSR count). The average Bonchev–Trinajstić information content (AvgIpc) is 2.28. The predicted octanol–water partition coefficient (Wildman–Crippen LogP) is 1.96. The largest absolute Gasteiger partial charge is 0.299 e. The van der Waals surface area contributed by atoms with E-state index in [1.54, 1.807) is 25.3 Å². The van der Waals surface area contributed by atoms with Gasteiger partial charge in [0.1, 0.15) is 4.90 Å². The first kappa shape index (κ1) is 11.0. The fourth-order valence-corrected chi connectivity index (χ4v) is 2.59. The average molecular weight is 237 g/mol. The van der Waals surface area contributed by atoms with Crippen molar-refractivity contribution in [2.75, 3.05) is 6.61 Å². The van der Waals surface area contributed by atoms with Crippen molar-refractivity contribution in [1.82, 2.24) is 4.98 Å². The van der Waals surface area contributed by atoms with E-state index >= 15 is 0 Å². The highest BCUT2D eigenvalue weighted by molar-refractivity contribution is 7.87. The van der Waals surface area contributed by atoms with Crippen molar-refractivity contribution in [3.05, 3.63) is 36.5 Å². The number of aromatic nitrogens is 1. The van der Waals surface area contributed by atoms with Crippen LogP contribution in [0.5, 0.6) is 0 Å². The van der Waals surface area contributed by atoms with Gasteiger partial charge in [0.25, 0.3) is 10.1 Å². The van der Waals surface area contributed by atoms with Gasteiger partial charge in [-0.15, -0.1) is 0 Å². The summed E-state index contributed by atoms with van der Waals surface area (Å²) in [6.07, 6.45) is 1.56. The minimum Gasteiger partial charge on any atom is -0.267 e. The summed E-state index contributed by atoms with van der Waals surface area (Å²) in [7, 11) is -3.70. The first-order chi connectivity index (χ1) is 7.65. The van der Waals surface area contributed by atoms with Crippen LogP contribution in [-0.4, -0.2) is 20.0 Å². The first-order valence-electron chi connectivity index (χ1n) is 4.88. The SMILES string of the molecule is CCOS(=O)(=O)c1cccc2cccnc12. The molecule has 0 aliphatic heterocycles. The van der Waals surface area contributed by atoms with E-state index in [0.29, 0.717) is 5.52 Å². The van der Waals surface area contributed by atoms with E-state index in [4.69, 9.17) is 4.18 Å². The molecule has 0 aliphatic rings. The second-order valence-electron chi connectivity index (χ2n) is 3.19. The van der Waals surface area contributed by atoms with E-state index in [0.717, 1.165) is 5.39 Å². The van der Waals surface area contributed by atoms with Gasteiger partial charge in [-0.2, -0.15) is 8.42 Å². The molecule has 0 bridgehead atoms. The van der Waals surface area contributed by atoms with Crippen LogP contribution in [-0.2, 0) is 14.3 Å². The fraction of sp³-hybridized carbons (Fsp3) is 0.182. The molecular formula is C11H11NO3S. The lowest BCUT2D eigenvalue weighted by Crippen LogP contribution is -2.07. The van der Waals surface area contributed by atoms with Crippen LogP contribution in [0.1, 0.15) is 6.92 Å². The van der Waals surface area contributed by atoms with E-state index in [-0.39, 0.29) is 11.5 Å². The maximum absolute atomic E-state index is 11.8. The van der Waals surface area contributed by atoms with Gasteiger partial charge < -0.3 is 0 Å². The molecule has 2 aromatic rings. The summed E-state index contributed by atoms with van der Waals surface area (Å²) < 4.78 is 28.3. The third-order valence-corrected chi connectivity index (χ3v) is 3.55. The lowest BCUT2D eigenvalue weighted by molar-refractivity contribution is 0.338. The van der Waals surface area contributed by atoms with Crippen LogP contribution < -0.4 is 0 Å². The van der Waals surface area contributed by atoms with Crippen molar-refractivity contribution in [2.45, 2.75) is 11.8 Å². The molecule has 0 aliphatic carbocycles. The molecule has 0 unspecified atom stereocenters. The van der Waals surface area contributed by atoms with E-state index in [9.17, 15) is 8.42 Å². The second-order valence-corrected chi connectivity index (χ2v) is 4.78. The lowest BCUT2D eigenvalue weighted by Gasteiger charge is -2.05. The van der Waals surface area contributed by atoms with E-state index in [1.165, 1.54) is 6.07 Å². The number of para-hydroxylation sites is 1. The monoisotopic (exact) mass is 237 g/mol. The minimum atomic E-state index is -3.70. The van der Waals surface area contributed by atoms with Gasteiger partial charge >= 0.3 is 0 Å². The Hall–Kier alpha value is -1.46. The third-order valence-electron chi connectivity index (χ3n) is 2.14. The molecule has 0 saturated heterocycles. The normalized spacial score (nSPS) is 11.8. The Balaban J connectivity index is 2.70. The van der Waals surface area contributed by atoms with Gasteiger partial charge in [-0.1, -0.05) is 18.2 Å². The Morgan fingerprint density at radius 2 is 2.00 bits per heavy atom. The molecule has 0 saturated carbocycles. The molecule has 0 amide bonds. The van der Waals surface area contributed by atoms with Crippen molar-refractivity contribution in [2.24, 2.45) is 0 Å². The molecule has 1 heterocycles. The summed E-state index contributed by atoms with van der Waals surface area (Å²) in [6, 6.07) is 8.57. The Kier molecular flexibility index (Phi) is 2.89. The predicted molar refractivity (Wildman–Crippen MR) is 60.6 cm³/mol. The van der Waals surface area contributed by atoms with Crippen molar-refractivity contribution >= 4 is 21.0 Å². The van der Waals surface area contributed by atoms with Crippen LogP contribution in [0.25, 0.3) is 10.9 Å². The molecule has 0 radical (unpaired) electrons. The Morgan fingerprint density at radius 3 is 2.75 bits per heavy atom. The Labute approximate surface area is 94.0 Å². The lowest BCUT2D eigenvalue weighted by atomic mass is 10.2. The molecule has 84 valence electrons. The molecule has 0 fully saturated rings. The van der Waals surface area contributed by atoms with Crippen LogP contribution in [0, 0.1) is 0 Å². The quantitative estimate of drug-likeness (QED) is 0.766. The molecule has 0 N–H and O–H groups in total. The number of hydrogen-bond acceptors (Lipinski definition) is 4. The van der Waals surface area contributed by atoms with Crippen molar-refractivity contribution in [3.63, 3.8) is 0 Å². The summed E-state index contributed by atoms with van der Waals surface area (Å²) in [5.41, 5.74) is 0.443. The Morgan fingerprint density at radius 1 is 1.25 bits per heavy atom. The highest BCUT2D eigenvalue weighted by Crippen LogP contribution is 2.21. The topological polar surface area (TPSA) is 56.3 Å². The highest BCUT2D eigenvalue weighted by Gasteiger charge is 2.17. The number of fused-ring (bicyclic) bond motifs is 1. The summed E-state index contributed by atoms with van der Waals surface area (Å²) >= 11 is 0. The van der Waals surface area contributed by atoms with Crippen LogP contribution in [0.3, 0.4) is 0 Å². The zero-order chi connectivity index (χ0) is 11.6. The summed E-state index contributed by atoms with van der Waals surface area (Å²) in [5.74, 6) is 0. The first-order valence-corrected chi connectivity index (χ1v) is 6.29. The molecule has 4 nitrogen and oxygen atoms in total. The van der Waals surface area contributed by atoms with Gasteiger partial charge in [0.15, 0.2) is 0 Å². The number of rotatable bonds is 3. The highest BCUT2D eigenvalue weighted by atomic mass is 32.2. The smallest absolute Gasteiger partial charge is 0.267 e. The fourth-order valence-electron chi connectivity index (χ4n) is 1.50. The van der Waals surface area contributed by atoms with Crippen molar-refractivity contribution in [3.8, 4) is 0 Å². The summed E-state index contributed by atoms with van der Waals surface area (Å²) in [5, 5.41) is 0.781. The molecule has 0 spiro atoms. The van der Waals surface area contributed by atoms with Gasteiger partial charge in [-0.05, 0) is 19.1 Å². The zero-order valence-electron chi connectivity index (χ0n) is 8.75. The molecular weight excluding hydrogens is 226 g/mol. The van der Waals surface area contributed by atoms with Crippen LogP contribution in [0.2, 0.25) is 0 Å². The third kappa shape index (κ3) is 1.91. The van der Waals surface area contributed by atoms with Gasteiger partial charge in [-0.25, -0.2) is 0 Å². The van der Waals surface area contributed by atoms with Crippen molar-refractivity contribution in [1.29, 1.82) is 0 Å². The number of hydrogen-bond donors (Lipinski definition) is 0. The van der Waals surface area contributed by atoms with E-state index in [1.807, 2.05) is 12.1 Å². The molecule has 1 aromatic carbocycles. The van der Waals surface area contributed by atoms with Gasteiger partial charge in [0.2, 0.25) is 0 Å². The van der Waals surface area contributed by atoms with E-state index in [2.05, 4.69) is 4.98 Å². The maximum atomic E-state index is 11.8. The number of benzene rings is 1. The number of pyridine rings is 1. The van der Waals surface area contributed by atoms with Crippen LogP contribution in [0.4, 0.5) is 0 Å². The number of nitrogens with zero attached hydrogens (tertiary/aromatic N) is 1. The molecule has 0 atom stereocenters. The minimum absolute atomic E-state index is 0.117. The van der Waals surface area contributed by atoms with Gasteiger partial charge in [0, 0.05) is 11.6 Å². The molecule has 1 aromatic heterocycles. The zero-order valence-corrected chi connectivity index (χ0v) is 9.57.